The third kappa shape index (κ3) is 3.85. The number of fused-ring (bicyclic) bond motifs is 1. The van der Waals surface area contributed by atoms with E-state index in [9.17, 15) is 13.5 Å². The number of sulfonamides is 1. The molecule has 2 aliphatic rings. The first-order chi connectivity index (χ1) is 14.9. The van der Waals surface area contributed by atoms with E-state index in [0.717, 1.165) is 47.4 Å². The van der Waals surface area contributed by atoms with Gasteiger partial charge in [0.1, 0.15) is 0 Å². The Kier molecular flexibility index (Phi) is 5.26. The van der Waals surface area contributed by atoms with Gasteiger partial charge in [0.25, 0.3) is 0 Å². The summed E-state index contributed by atoms with van der Waals surface area (Å²) in [6, 6.07) is 15.5. The molecule has 2 fully saturated rings. The number of benzene rings is 2. The van der Waals surface area contributed by atoms with E-state index in [0.29, 0.717) is 31.1 Å². The summed E-state index contributed by atoms with van der Waals surface area (Å²) >= 11 is 0. The molecule has 3 aromatic rings. The van der Waals surface area contributed by atoms with Crippen molar-refractivity contribution in [3.63, 3.8) is 0 Å². The van der Waals surface area contributed by atoms with Crippen molar-refractivity contribution in [1.29, 1.82) is 0 Å². The molecule has 164 valence electrons. The monoisotopic (exact) mass is 440 g/mol. The van der Waals surface area contributed by atoms with E-state index in [-0.39, 0.29) is 6.10 Å². The van der Waals surface area contributed by atoms with Gasteiger partial charge < -0.3 is 15.0 Å². The Hall–Kier alpha value is -2.39. The fourth-order valence-electron chi connectivity index (χ4n) is 4.62. The quantitative estimate of drug-likeness (QED) is 0.652. The molecule has 1 aromatic heterocycles. The van der Waals surface area contributed by atoms with Crippen LogP contribution in [0.3, 0.4) is 0 Å². The van der Waals surface area contributed by atoms with Gasteiger partial charge in [-0.1, -0.05) is 18.2 Å². The standard InChI is InChI=1S/C23H28N4O3S/c1-25-10-4-11-27(16-25)31(29,30)19-7-8-23(26-12-9-18(28)15-26)20(14-19)22-13-17-5-2-3-6-21(17)24-22/h2-3,5-8,13-14,18,24,28H,4,9-12,15-16H2,1H3/t18-/m0/s1. The highest BCUT2D eigenvalue weighted by Crippen LogP contribution is 2.36. The molecule has 7 nitrogen and oxygen atoms in total. The summed E-state index contributed by atoms with van der Waals surface area (Å²) < 4.78 is 28.4. The van der Waals surface area contributed by atoms with Crippen LogP contribution >= 0.6 is 0 Å². The Morgan fingerprint density at radius 3 is 2.65 bits per heavy atom. The molecule has 5 rings (SSSR count). The lowest BCUT2D eigenvalue weighted by Gasteiger charge is -2.32. The van der Waals surface area contributed by atoms with Crippen LogP contribution in [0.4, 0.5) is 5.69 Å². The number of anilines is 1. The molecular formula is C23H28N4O3S. The maximum absolute atomic E-state index is 13.4. The average Bonchev–Trinajstić information content (AvgIpc) is 3.39. The van der Waals surface area contributed by atoms with E-state index in [1.807, 2.05) is 42.3 Å². The lowest BCUT2D eigenvalue weighted by atomic mass is 10.1. The number of H-pyrrole nitrogens is 1. The summed E-state index contributed by atoms with van der Waals surface area (Å²) in [4.78, 5) is 7.91. The summed E-state index contributed by atoms with van der Waals surface area (Å²) in [7, 11) is -1.65. The molecule has 3 heterocycles. The first-order valence-corrected chi connectivity index (χ1v) is 12.2. The Bertz CT molecular complexity index is 1170. The molecule has 0 radical (unpaired) electrons. The molecule has 0 aliphatic carbocycles. The number of aromatic amines is 1. The molecule has 8 heteroatoms. The third-order valence-corrected chi connectivity index (χ3v) is 8.10. The van der Waals surface area contributed by atoms with Gasteiger partial charge in [-0.25, -0.2) is 8.42 Å². The topological polar surface area (TPSA) is 79.9 Å². The SMILES string of the molecule is CN1CCCN(S(=O)(=O)c2ccc(N3CC[C@H](O)C3)c(-c3cc4ccccc4[nH]3)c2)C1. The summed E-state index contributed by atoms with van der Waals surface area (Å²) in [5, 5.41) is 11.1. The van der Waals surface area contributed by atoms with E-state index in [4.69, 9.17) is 0 Å². The molecular weight excluding hydrogens is 412 g/mol. The first kappa shape index (κ1) is 20.5. The highest BCUT2D eigenvalue weighted by molar-refractivity contribution is 7.89. The Labute approximate surface area is 182 Å². The molecule has 0 saturated carbocycles. The van der Waals surface area contributed by atoms with Gasteiger partial charge in [0.05, 0.1) is 17.7 Å². The lowest BCUT2D eigenvalue weighted by Crippen LogP contribution is -2.45. The van der Waals surface area contributed by atoms with Gasteiger partial charge in [-0.3, -0.25) is 4.90 Å². The average molecular weight is 441 g/mol. The van der Waals surface area contributed by atoms with E-state index < -0.39 is 10.0 Å². The van der Waals surface area contributed by atoms with Crippen molar-refractivity contribution in [3.8, 4) is 11.3 Å². The second-order valence-corrected chi connectivity index (χ2v) is 10.5. The van der Waals surface area contributed by atoms with Crippen molar-refractivity contribution in [1.82, 2.24) is 14.2 Å². The number of rotatable bonds is 4. The number of β-amino-alcohol motifs (C(OH)–C–C–N with tert-alkyl or cyclic N) is 1. The van der Waals surface area contributed by atoms with Crippen LogP contribution in [0.2, 0.25) is 0 Å². The summed E-state index contributed by atoms with van der Waals surface area (Å²) in [5.41, 5.74) is 3.68. The minimum Gasteiger partial charge on any atom is -0.391 e. The Morgan fingerprint density at radius 1 is 1.06 bits per heavy atom. The Balaban J connectivity index is 1.61. The zero-order valence-corrected chi connectivity index (χ0v) is 18.5. The molecule has 1 atom stereocenters. The van der Waals surface area contributed by atoms with E-state index in [2.05, 4.69) is 16.0 Å². The number of aromatic nitrogens is 1. The second kappa shape index (κ2) is 7.94. The number of hydrogen-bond acceptors (Lipinski definition) is 5. The van der Waals surface area contributed by atoms with Crippen molar-refractivity contribution in [3.05, 3.63) is 48.5 Å². The summed E-state index contributed by atoms with van der Waals surface area (Å²) in [6.45, 7) is 3.15. The van der Waals surface area contributed by atoms with Crippen molar-refractivity contribution in [2.75, 3.05) is 44.8 Å². The van der Waals surface area contributed by atoms with Gasteiger partial charge in [-0.05, 0) is 50.2 Å². The predicted octanol–water partition coefficient (Wildman–Crippen LogP) is 2.69. The summed E-state index contributed by atoms with van der Waals surface area (Å²) in [5.74, 6) is 0. The fraction of sp³-hybridized carbons (Fsp3) is 0.391. The van der Waals surface area contributed by atoms with Crippen LogP contribution in [0.25, 0.3) is 22.2 Å². The van der Waals surface area contributed by atoms with E-state index in [1.54, 1.807) is 16.4 Å². The molecule has 0 spiro atoms. The van der Waals surface area contributed by atoms with Crippen LogP contribution in [0.15, 0.2) is 53.4 Å². The first-order valence-electron chi connectivity index (χ1n) is 10.8. The zero-order valence-electron chi connectivity index (χ0n) is 17.7. The highest BCUT2D eigenvalue weighted by atomic mass is 32.2. The van der Waals surface area contributed by atoms with Gasteiger partial charge in [-0.15, -0.1) is 0 Å². The highest BCUT2D eigenvalue weighted by Gasteiger charge is 2.30. The number of aliphatic hydroxyl groups excluding tert-OH is 1. The van der Waals surface area contributed by atoms with Crippen LogP contribution in [0.1, 0.15) is 12.8 Å². The molecule has 0 unspecified atom stereocenters. The Morgan fingerprint density at radius 2 is 1.90 bits per heavy atom. The van der Waals surface area contributed by atoms with Gasteiger partial charge >= 0.3 is 0 Å². The fourth-order valence-corrected chi connectivity index (χ4v) is 6.14. The van der Waals surface area contributed by atoms with Crippen LogP contribution < -0.4 is 4.90 Å². The smallest absolute Gasteiger partial charge is 0.244 e. The predicted molar refractivity (Wildman–Crippen MR) is 123 cm³/mol. The van der Waals surface area contributed by atoms with Crippen molar-refractivity contribution >= 4 is 26.6 Å². The molecule has 0 amide bonds. The number of para-hydroxylation sites is 1. The zero-order chi connectivity index (χ0) is 21.6. The molecule has 2 aromatic carbocycles. The number of nitrogens with zero attached hydrogens (tertiary/aromatic N) is 3. The normalized spacial score (nSPS) is 21.2. The molecule has 2 N–H and O–H groups in total. The van der Waals surface area contributed by atoms with Crippen molar-refractivity contribution < 1.29 is 13.5 Å². The van der Waals surface area contributed by atoms with Gasteiger partial charge in [0, 0.05) is 54.0 Å². The second-order valence-electron chi connectivity index (χ2n) is 8.59. The minimum atomic E-state index is -3.60. The van der Waals surface area contributed by atoms with E-state index >= 15 is 0 Å². The van der Waals surface area contributed by atoms with Crippen LogP contribution in [0.5, 0.6) is 0 Å². The summed E-state index contributed by atoms with van der Waals surface area (Å²) in [6.07, 6.45) is 1.18. The molecule has 2 saturated heterocycles. The maximum atomic E-state index is 13.4. The largest absolute Gasteiger partial charge is 0.391 e. The van der Waals surface area contributed by atoms with Crippen molar-refractivity contribution in [2.45, 2.75) is 23.8 Å². The molecule has 2 aliphatic heterocycles. The van der Waals surface area contributed by atoms with E-state index in [1.165, 1.54) is 0 Å². The number of hydrogen-bond donors (Lipinski definition) is 2. The molecule has 31 heavy (non-hydrogen) atoms. The van der Waals surface area contributed by atoms with Crippen LogP contribution in [-0.4, -0.2) is 73.7 Å². The third-order valence-electron chi connectivity index (χ3n) is 6.28. The minimum absolute atomic E-state index is 0.306. The van der Waals surface area contributed by atoms with Crippen LogP contribution in [0, 0.1) is 0 Å². The lowest BCUT2D eigenvalue weighted by molar-refractivity contribution is 0.178. The van der Waals surface area contributed by atoms with Crippen molar-refractivity contribution in [2.24, 2.45) is 0 Å². The van der Waals surface area contributed by atoms with Gasteiger partial charge in [0.15, 0.2) is 0 Å². The van der Waals surface area contributed by atoms with Crippen LogP contribution in [-0.2, 0) is 10.0 Å². The maximum Gasteiger partial charge on any atom is 0.244 e. The molecule has 0 bridgehead atoms. The number of nitrogens with one attached hydrogen (secondary N) is 1. The van der Waals surface area contributed by atoms with Gasteiger partial charge in [0.2, 0.25) is 10.0 Å². The number of aliphatic hydroxyl groups is 1. The van der Waals surface area contributed by atoms with Gasteiger partial charge in [-0.2, -0.15) is 4.31 Å².